The van der Waals surface area contributed by atoms with Crippen molar-refractivity contribution in [1.29, 1.82) is 0 Å². The van der Waals surface area contributed by atoms with Gasteiger partial charge in [-0.3, -0.25) is 4.79 Å². The third kappa shape index (κ3) is 3.00. The molecule has 1 saturated carbocycles. The average Bonchev–Trinajstić information content (AvgIpc) is 2.88. The van der Waals surface area contributed by atoms with Crippen molar-refractivity contribution in [3.63, 3.8) is 0 Å². The standard InChI is InChI=1S/C15H22N2O2/c18-14(5-4-13-3-1-10-19-13)17-12-6-9-16-15(11-12)7-2-8-15/h1,3,10,12,16H,2,4-9,11H2,(H,17,18). The minimum absolute atomic E-state index is 0.151. The van der Waals surface area contributed by atoms with E-state index in [1.807, 2.05) is 12.1 Å². The molecule has 1 saturated heterocycles. The highest BCUT2D eigenvalue weighted by Gasteiger charge is 2.41. The van der Waals surface area contributed by atoms with Crippen LogP contribution in [0.2, 0.25) is 0 Å². The van der Waals surface area contributed by atoms with Crippen LogP contribution in [0.4, 0.5) is 0 Å². The van der Waals surface area contributed by atoms with Gasteiger partial charge in [-0.2, -0.15) is 0 Å². The molecule has 0 aromatic carbocycles. The quantitative estimate of drug-likeness (QED) is 0.872. The number of carbonyl (C=O) groups is 1. The summed E-state index contributed by atoms with van der Waals surface area (Å²) in [7, 11) is 0. The minimum Gasteiger partial charge on any atom is -0.469 e. The van der Waals surface area contributed by atoms with Gasteiger partial charge in [-0.15, -0.1) is 0 Å². The van der Waals surface area contributed by atoms with Gasteiger partial charge in [0.05, 0.1) is 6.26 Å². The number of amides is 1. The molecule has 2 fully saturated rings. The zero-order valence-corrected chi connectivity index (χ0v) is 11.3. The Balaban J connectivity index is 1.44. The van der Waals surface area contributed by atoms with E-state index >= 15 is 0 Å². The van der Waals surface area contributed by atoms with E-state index in [4.69, 9.17) is 4.42 Å². The molecule has 0 bridgehead atoms. The van der Waals surface area contributed by atoms with Gasteiger partial charge in [0.1, 0.15) is 5.76 Å². The fraction of sp³-hybridized carbons (Fsp3) is 0.667. The highest BCUT2D eigenvalue weighted by molar-refractivity contribution is 5.76. The number of aryl methyl sites for hydroxylation is 1. The maximum atomic E-state index is 12.0. The van der Waals surface area contributed by atoms with Crippen molar-refractivity contribution in [2.24, 2.45) is 0 Å². The summed E-state index contributed by atoms with van der Waals surface area (Å²) in [4.78, 5) is 12.0. The molecule has 2 N–H and O–H groups in total. The summed E-state index contributed by atoms with van der Waals surface area (Å²) in [6.07, 6.45) is 8.87. The predicted octanol–water partition coefficient (Wildman–Crippen LogP) is 2.00. The lowest BCUT2D eigenvalue weighted by atomic mass is 9.70. The van der Waals surface area contributed by atoms with E-state index in [1.54, 1.807) is 6.26 Å². The van der Waals surface area contributed by atoms with Crippen molar-refractivity contribution in [2.45, 2.75) is 56.5 Å². The molecule has 1 aromatic rings. The van der Waals surface area contributed by atoms with Gasteiger partial charge >= 0.3 is 0 Å². The van der Waals surface area contributed by atoms with Gasteiger partial charge in [0.25, 0.3) is 0 Å². The summed E-state index contributed by atoms with van der Waals surface area (Å²) < 4.78 is 5.24. The Hall–Kier alpha value is -1.29. The van der Waals surface area contributed by atoms with E-state index in [0.717, 1.165) is 25.1 Å². The average molecular weight is 262 g/mol. The maximum Gasteiger partial charge on any atom is 0.220 e. The van der Waals surface area contributed by atoms with Gasteiger partial charge in [0.15, 0.2) is 0 Å². The lowest BCUT2D eigenvalue weighted by molar-refractivity contribution is -0.122. The number of furan rings is 1. The molecule has 3 rings (SSSR count). The van der Waals surface area contributed by atoms with E-state index < -0.39 is 0 Å². The van der Waals surface area contributed by atoms with Gasteiger partial charge in [0.2, 0.25) is 5.91 Å². The molecule has 4 nitrogen and oxygen atoms in total. The summed E-state index contributed by atoms with van der Waals surface area (Å²) >= 11 is 0. The Labute approximate surface area is 113 Å². The molecule has 0 radical (unpaired) electrons. The SMILES string of the molecule is O=C(CCc1ccco1)NC1CCNC2(CCC2)C1. The summed E-state index contributed by atoms with van der Waals surface area (Å²) in [6, 6.07) is 4.13. The summed E-state index contributed by atoms with van der Waals surface area (Å²) in [5, 5.41) is 6.81. The number of hydrogen-bond donors (Lipinski definition) is 2. The number of nitrogens with one attached hydrogen (secondary N) is 2. The highest BCUT2D eigenvalue weighted by Crippen LogP contribution is 2.38. The van der Waals surface area contributed by atoms with Crippen molar-refractivity contribution in [3.05, 3.63) is 24.2 Å². The minimum atomic E-state index is 0.151. The van der Waals surface area contributed by atoms with E-state index in [0.29, 0.717) is 24.4 Å². The second-order valence-electron chi connectivity index (χ2n) is 5.90. The van der Waals surface area contributed by atoms with Crippen LogP contribution in [0.5, 0.6) is 0 Å². The Kier molecular flexibility index (Phi) is 3.60. The van der Waals surface area contributed by atoms with Crippen LogP contribution < -0.4 is 10.6 Å². The number of hydrogen-bond acceptors (Lipinski definition) is 3. The lowest BCUT2D eigenvalue weighted by Gasteiger charge is -2.48. The van der Waals surface area contributed by atoms with Gasteiger partial charge in [-0.1, -0.05) is 0 Å². The number of rotatable bonds is 4. The van der Waals surface area contributed by atoms with Crippen LogP contribution in [0.1, 0.15) is 44.3 Å². The molecule has 1 atom stereocenters. The van der Waals surface area contributed by atoms with Gasteiger partial charge in [-0.25, -0.2) is 0 Å². The summed E-state index contributed by atoms with van der Waals surface area (Å²) in [6.45, 7) is 1.03. The molecule has 1 aromatic heterocycles. The zero-order chi connectivity index (χ0) is 13.1. The van der Waals surface area contributed by atoms with Crippen molar-refractivity contribution >= 4 is 5.91 Å². The first-order valence-corrected chi connectivity index (χ1v) is 7.33. The van der Waals surface area contributed by atoms with Crippen LogP contribution in [-0.2, 0) is 11.2 Å². The van der Waals surface area contributed by atoms with Crippen molar-refractivity contribution in [3.8, 4) is 0 Å². The molecule has 1 unspecified atom stereocenters. The van der Waals surface area contributed by atoms with E-state index in [1.165, 1.54) is 19.3 Å². The van der Waals surface area contributed by atoms with Crippen molar-refractivity contribution < 1.29 is 9.21 Å². The second kappa shape index (κ2) is 5.37. The van der Waals surface area contributed by atoms with E-state index in [-0.39, 0.29) is 5.91 Å². The van der Waals surface area contributed by atoms with Crippen LogP contribution in [0.25, 0.3) is 0 Å². The Morgan fingerprint density at radius 2 is 2.42 bits per heavy atom. The lowest BCUT2D eigenvalue weighted by Crippen LogP contribution is -2.59. The van der Waals surface area contributed by atoms with Crippen LogP contribution in [0.3, 0.4) is 0 Å². The molecule has 1 aliphatic heterocycles. The molecule has 2 aliphatic rings. The maximum absolute atomic E-state index is 12.0. The third-order valence-electron chi connectivity index (χ3n) is 4.48. The number of piperidine rings is 1. The van der Waals surface area contributed by atoms with Crippen LogP contribution >= 0.6 is 0 Å². The molecule has 4 heteroatoms. The van der Waals surface area contributed by atoms with Crippen LogP contribution in [0, 0.1) is 0 Å². The number of carbonyl (C=O) groups excluding carboxylic acids is 1. The van der Waals surface area contributed by atoms with Gasteiger partial charge in [0, 0.05) is 24.4 Å². The first-order chi connectivity index (χ1) is 9.26. The molecule has 1 spiro atoms. The second-order valence-corrected chi connectivity index (χ2v) is 5.90. The zero-order valence-electron chi connectivity index (χ0n) is 11.3. The predicted molar refractivity (Wildman–Crippen MR) is 72.8 cm³/mol. The molecule has 2 heterocycles. The van der Waals surface area contributed by atoms with E-state index in [9.17, 15) is 4.79 Å². The molecular formula is C15H22N2O2. The Morgan fingerprint density at radius 1 is 1.53 bits per heavy atom. The Morgan fingerprint density at radius 3 is 3.11 bits per heavy atom. The topological polar surface area (TPSA) is 54.3 Å². The van der Waals surface area contributed by atoms with Gasteiger partial charge < -0.3 is 15.1 Å². The van der Waals surface area contributed by atoms with Crippen LogP contribution in [-0.4, -0.2) is 24.0 Å². The fourth-order valence-corrected chi connectivity index (χ4v) is 3.26. The first kappa shape index (κ1) is 12.7. The van der Waals surface area contributed by atoms with Gasteiger partial charge in [-0.05, 0) is 50.8 Å². The smallest absolute Gasteiger partial charge is 0.220 e. The van der Waals surface area contributed by atoms with E-state index in [2.05, 4.69) is 10.6 Å². The first-order valence-electron chi connectivity index (χ1n) is 7.33. The molecular weight excluding hydrogens is 240 g/mol. The van der Waals surface area contributed by atoms with Crippen molar-refractivity contribution in [1.82, 2.24) is 10.6 Å². The molecule has 19 heavy (non-hydrogen) atoms. The molecule has 1 aliphatic carbocycles. The highest BCUT2D eigenvalue weighted by atomic mass is 16.3. The normalized spacial score (nSPS) is 24.9. The Bertz CT molecular complexity index is 423. The van der Waals surface area contributed by atoms with Crippen LogP contribution in [0.15, 0.2) is 22.8 Å². The summed E-state index contributed by atoms with van der Waals surface area (Å²) in [5.41, 5.74) is 0.344. The monoisotopic (exact) mass is 262 g/mol. The molecule has 1 amide bonds. The third-order valence-corrected chi connectivity index (χ3v) is 4.48. The fourth-order valence-electron chi connectivity index (χ4n) is 3.26. The molecule has 104 valence electrons. The van der Waals surface area contributed by atoms with Crippen molar-refractivity contribution in [2.75, 3.05) is 6.54 Å². The summed E-state index contributed by atoms with van der Waals surface area (Å²) in [5.74, 6) is 1.04. The largest absolute Gasteiger partial charge is 0.469 e.